The Balaban J connectivity index is 2.26. The van der Waals surface area contributed by atoms with E-state index >= 15 is 0 Å². The van der Waals surface area contributed by atoms with Crippen LogP contribution in [0.2, 0.25) is 0 Å². The molecule has 1 heteroatoms. The number of ketones is 1. The van der Waals surface area contributed by atoms with E-state index in [0.29, 0.717) is 11.7 Å². The SMILES string of the molecule is CC1CCC(C)C2CCC(=O)C=C12. The molecule has 13 heavy (non-hydrogen) atoms. The molecule has 0 saturated heterocycles. The summed E-state index contributed by atoms with van der Waals surface area (Å²) < 4.78 is 0. The maximum Gasteiger partial charge on any atom is 0.155 e. The lowest BCUT2D eigenvalue weighted by Gasteiger charge is -2.37. The van der Waals surface area contributed by atoms with E-state index in [2.05, 4.69) is 13.8 Å². The van der Waals surface area contributed by atoms with E-state index in [4.69, 9.17) is 0 Å². The van der Waals surface area contributed by atoms with Crippen LogP contribution >= 0.6 is 0 Å². The first-order chi connectivity index (χ1) is 6.18. The Hall–Kier alpha value is -0.590. The standard InChI is InChI=1S/C12H18O/c1-8-3-4-9(2)12-7-10(13)5-6-11(8)12/h7-9,11H,3-6H2,1-2H3. The molecule has 3 unspecified atom stereocenters. The zero-order valence-corrected chi connectivity index (χ0v) is 8.55. The molecule has 1 saturated carbocycles. The predicted molar refractivity (Wildman–Crippen MR) is 53.4 cm³/mol. The Kier molecular flexibility index (Phi) is 2.27. The number of carbonyl (C=O) groups excluding carboxylic acids is 1. The summed E-state index contributed by atoms with van der Waals surface area (Å²) in [4.78, 5) is 11.3. The quantitative estimate of drug-likeness (QED) is 0.557. The Morgan fingerprint density at radius 2 is 2.00 bits per heavy atom. The number of hydrogen-bond donors (Lipinski definition) is 0. The van der Waals surface area contributed by atoms with Gasteiger partial charge in [-0.25, -0.2) is 0 Å². The zero-order valence-electron chi connectivity index (χ0n) is 8.55. The summed E-state index contributed by atoms with van der Waals surface area (Å²) in [6.07, 6.45) is 6.45. The van der Waals surface area contributed by atoms with Gasteiger partial charge in [0.2, 0.25) is 0 Å². The van der Waals surface area contributed by atoms with Gasteiger partial charge in [0.25, 0.3) is 0 Å². The van der Waals surface area contributed by atoms with E-state index < -0.39 is 0 Å². The highest BCUT2D eigenvalue weighted by Crippen LogP contribution is 2.42. The molecule has 0 aromatic heterocycles. The van der Waals surface area contributed by atoms with Gasteiger partial charge in [0.1, 0.15) is 0 Å². The van der Waals surface area contributed by atoms with Crippen LogP contribution in [0.1, 0.15) is 39.5 Å². The predicted octanol–water partition coefficient (Wildman–Crippen LogP) is 2.96. The van der Waals surface area contributed by atoms with Crippen LogP contribution in [0.15, 0.2) is 11.6 Å². The van der Waals surface area contributed by atoms with Crippen LogP contribution in [-0.4, -0.2) is 5.78 Å². The van der Waals surface area contributed by atoms with Gasteiger partial charge in [0.05, 0.1) is 0 Å². The summed E-state index contributed by atoms with van der Waals surface area (Å²) in [6.45, 7) is 4.60. The molecular weight excluding hydrogens is 160 g/mol. The molecule has 2 rings (SSSR count). The van der Waals surface area contributed by atoms with Gasteiger partial charge in [0.15, 0.2) is 5.78 Å². The monoisotopic (exact) mass is 178 g/mol. The lowest BCUT2D eigenvalue weighted by atomic mass is 9.67. The Morgan fingerprint density at radius 1 is 1.23 bits per heavy atom. The van der Waals surface area contributed by atoms with E-state index in [1.54, 1.807) is 0 Å². The molecule has 0 aromatic carbocycles. The third-order valence-electron chi connectivity index (χ3n) is 3.77. The fourth-order valence-electron chi connectivity index (χ4n) is 2.83. The Bertz CT molecular complexity index is 252. The fraction of sp³-hybridized carbons (Fsp3) is 0.750. The van der Waals surface area contributed by atoms with Crippen LogP contribution in [-0.2, 0) is 4.79 Å². The average Bonchev–Trinajstić information content (AvgIpc) is 2.12. The number of hydrogen-bond acceptors (Lipinski definition) is 1. The fourth-order valence-corrected chi connectivity index (χ4v) is 2.83. The molecule has 3 atom stereocenters. The number of allylic oxidation sites excluding steroid dienone is 2. The van der Waals surface area contributed by atoms with Crippen LogP contribution in [0, 0.1) is 17.8 Å². The van der Waals surface area contributed by atoms with Gasteiger partial charge in [0, 0.05) is 6.42 Å². The highest BCUT2D eigenvalue weighted by molar-refractivity contribution is 5.91. The summed E-state index contributed by atoms with van der Waals surface area (Å²) >= 11 is 0. The summed E-state index contributed by atoms with van der Waals surface area (Å²) in [7, 11) is 0. The summed E-state index contributed by atoms with van der Waals surface area (Å²) in [6, 6.07) is 0. The first kappa shape index (κ1) is 8.98. The minimum absolute atomic E-state index is 0.354. The van der Waals surface area contributed by atoms with Crippen molar-refractivity contribution in [3.8, 4) is 0 Å². The first-order valence-electron chi connectivity index (χ1n) is 5.43. The van der Waals surface area contributed by atoms with Crippen LogP contribution in [0.3, 0.4) is 0 Å². The highest BCUT2D eigenvalue weighted by Gasteiger charge is 2.32. The van der Waals surface area contributed by atoms with Crippen molar-refractivity contribution < 1.29 is 4.79 Å². The Morgan fingerprint density at radius 3 is 2.77 bits per heavy atom. The van der Waals surface area contributed by atoms with E-state index in [9.17, 15) is 4.79 Å². The minimum atomic E-state index is 0.354. The van der Waals surface area contributed by atoms with Crippen molar-refractivity contribution in [1.29, 1.82) is 0 Å². The van der Waals surface area contributed by atoms with Crippen molar-refractivity contribution in [2.75, 3.05) is 0 Å². The van der Waals surface area contributed by atoms with Crippen LogP contribution in [0.25, 0.3) is 0 Å². The lowest BCUT2D eigenvalue weighted by molar-refractivity contribution is -0.115. The third-order valence-corrected chi connectivity index (χ3v) is 3.77. The van der Waals surface area contributed by atoms with E-state index in [1.807, 2.05) is 6.08 Å². The highest BCUT2D eigenvalue weighted by atomic mass is 16.1. The van der Waals surface area contributed by atoms with Crippen molar-refractivity contribution in [2.45, 2.75) is 39.5 Å². The normalized spacial score (nSPS) is 39.7. The number of rotatable bonds is 0. The van der Waals surface area contributed by atoms with Gasteiger partial charge >= 0.3 is 0 Å². The van der Waals surface area contributed by atoms with Crippen molar-refractivity contribution >= 4 is 5.78 Å². The Labute approximate surface area is 80.2 Å². The van der Waals surface area contributed by atoms with Crippen LogP contribution in [0.4, 0.5) is 0 Å². The molecule has 0 aliphatic heterocycles. The van der Waals surface area contributed by atoms with Gasteiger partial charge < -0.3 is 0 Å². The van der Waals surface area contributed by atoms with Gasteiger partial charge in [-0.2, -0.15) is 0 Å². The van der Waals surface area contributed by atoms with Crippen molar-refractivity contribution in [1.82, 2.24) is 0 Å². The van der Waals surface area contributed by atoms with Gasteiger partial charge in [-0.15, -0.1) is 0 Å². The molecule has 72 valence electrons. The van der Waals surface area contributed by atoms with Gasteiger partial charge in [-0.3, -0.25) is 4.79 Å². The second-order valence-electron chi connectivity index (χ2n) is 4.71. The van der Waals surface area contributed by atoms with Crippen LogP contribution in [0.5, 0.6) is 0 Å². The van der Waals surface area contributed by atoms with Crippen molar-refractivity contribution in [3.63, 3.8) is 0 Å². The lowest BCUT2D eigenvalue weighted by Crippen LogP contribution is -2.28. The molecule has 0 bridgehead atoms. The molecule has 2 aliphatic carbocycles. The maximum absolute atomic E-state index is 11.3. The van der Waals surface area contributed by atoms with Gasteiger partial charge in [-0.1, -0.05) is 19.4 Å². The molecule has 2 aliphatic rings. The molecule has 0 N–H and O–H groups in total. The molecule has 1 fully saturated rings. The molecular formula is C12H18O. The van der Waals surface area contributed by atoms with E-state index in [-0.39, 0.29) is 0 Å². The molecule has 0 aromatic rings. The van der Waals surface area contributed by atoms with Crippen LogP contribution < -0.4 is 0 Å². The third kappa shape index (κ3) is 1.56. The van der Waals surface area contributed by atoms with E-state index in [1.165, 1.54) is 18.4 Å². The second-order valence-corrected chi connectivity index (χ2v) is 4.71. The number of carbonyl (C=O) groups is 1. The molecule has 0 amide bonds. The minimum Gasteiger partial charge on any atom is -0.295 e. The molecule has 0 radical (unpaired) electrons. The van der Waals surface area contributed by atoms with E-state index in [0.717, 1.165) is 24.7 Å². The number of fused-ring (bicyclic) bond motifs is 1. The molecule has 1 nitrogen and oxygen atoms in total. The first-order valence-corrected chi connectivity index (χ1v) is 5.43. The topological polar surface area (TPSA) is 17.1 Å². The summed E-state index contributed by atoms with van der Waals surface area (Å²) in [5, 5.41) is 0. The zero-order chi connectivity index (χ0) is 9.42. The van der Waals surface area contributed by atoms with Gasteiger partial charge in [-0.05, 0) is 43.1 Å². The largest absolute Gasteiger partial charge is 0.295 e. The van der Waals surface area contributed by atoms with Crippen molar-refractivity contribution in [3.05, 3.63) is 11.6 Å². The second kappa shape index (κ2) is 3.28. The molecule has 0 heterocycles. The maximum atomic E-state index is 11.3. The van der Waals surface area contributed by atoms with Crippen molar-refractivity contribution in [2.24, 2.45) is 17.8 Å². The summed E-state index contributed by atoms with van der Waals surface area (Å²) in [5.74, 6) is 2.54. The smallest absolute Gasteiger partial charge is 0.155 e. The summed E-state index contributed by atoms with van der Waals surface area (Å²) in [5.41, 5.74) is 1.45. The average molecular weight is 178 g/mol. The molecule has 0 spiro atoms.